The molecule has 1 aliphatic rings. The number of hydrogen-bond donors (Lipinski definition) is 1. The van der Waals surface area contributed by atoms with E-state index < -0.39 is 5.60 Å². The molecule has 0 saturated carbocycles. The van der Waals surface area contributed by atoms with Gasteiger partial charge in [-0.3, -0.25) is 4.79 Å². The molecule has 0 bridgehead atoms. The average molecular weight is 414 g/mol. The van der Waals surface area contributed by atoms with Crippen molar-refractivity contribution in [1.29, 1.82) is 0 Å². The molecule has 162 valence electrons. The molecule has 1 aromatic heterocycles. The van der Waals surface area contributed by atoms with Gasteiger partial charge in [0.2, 0.25) is 5.91 Å². The number of rotatable bonds is 5. The summed E-state index contributed by atoms with van der Waals surface area (Å²) in [5.41, 5.74) is 1.30. The number of likely N-dealkylation sites (tertiary alicyclic amines) is 1. The van der Waals surface area contributed by atoms with Crippen molar-refractivity contribution in [2.45, 2.75) is 59.2 Å². The number of ether oxygens (including phenoxy) is 1. The lowest BCUT2D eigenvalue weighted by Crippen LogP contribution is -2.47. The van der Waals surface area contributed by atoms with Crippen molar-refractivity contribution < 1.29 is 14.3 Å². The van der Waals surface area contributed by atoms with Crippen molar-refractivity contribution in [1.82, 2.24) is 25.0 Å². The van der Waals surface area contributed by atoms with Crippen molar-refractivity contribution >= 4 is 12.0 Å². The summed E-state index contributed by atoms with van der Waals surface area (Å²) in [5, 5.41) is 7.18. The SMILES string of the molecule is CC(C)[C@H]1[C@@H](C(=O)NCc2cccc(-n3cncn3)c2)CCN1C(=O)OC(C)(C)C. The van der Waals surface area contributed by atoms with Crippen LogP contribution in [0.5, 0.6) is 0 Å². The molecule has 1 aromatic carbocycles. The minimum absolute atomic E-state index is 0.0362. The Morgan fingerprint density at radius 1 is 1.30 bits per heavy atom. The smallest absolute Gasteiger partial charge is 0.410 e. The van der Waals surface area contributed by atoms with Crippen LogP contribution in [-0.2, 0) is 16.1 Å². The zero-order valence-electron chi connectivity index (χ0n) is 18.3. The van der Waals surface area contributed by atoms with Crippen molar-refractivity contribution in [3.05, 3.63) is 42.5 Å². The molecule has 2 amide bonds. The van der Waals surface area contributed by atoms with Crippen LogP contribution in [0.4, 0.5) is 4.79 Å². The van der Waals surface area contributed by atoms with E-state index in [4.69, 9.17) is 4.74 Å². The number of aromatic nitrogens is 3. The highest BCUT2D eigenvalue weighted by atomic mass is 16.6. The zero-order valence-corrected chi connectivity index (χ0v) is 18.3. The van der Waals surface area contributed by atoms with E-state index >= 15 is 0 Å². The first-order valence-electron chi connectivity index (χ1n) is 10.4. The third-order valence-corrected chi connectivity index (χ3v) is 5.16. The van der Waals surface area contributed by atoms with Crippen LogP contribution in [0.2, 0.25) is 0 Å². The molecule has 0 spiro atoms. The van der Waals surface area contributed by atoms with Crippen LogP contribution in [0.3, 0.4) is 0 Å². The molecule has 2 aromatic rings. The largest absolute Gasteiger partial charge is 0.444 e. The standard InChI is InChI=1S/C22H31N5O3/c1-15(2)19-18(9-10-26(19)21(29)30-22(3,4)5)20(28)24-12-16-7-6-8-17(11-16)27-14-23-13-25-27/h6-8,11,13-15,18-19H,9-10,12H2,1-5H3,(H,24,28)/t18-,19-/m0/s1. The van der Waals surface area contributed by atoms with Gasteiger partial charge in [0.15, 0.2) is 0 Å². The van der Waals surface area contributed by atoms with E-state index in [0.29, 0.717) is 19.5 Å². The maximum Gasteiger partial charge on any atom is 0.410 e. The zero-order chi connectivity index (χ0) is 21.9. The van der Waals surface area contributed by atoms with Crippen molar-refractivity contribution in [2.24, 2.45) is 11.8 Å². The number of benzene rings is 1. The van der Waals surface area contributed by atoms with Crippen molar-refractivity contribution in [3.63, 3.8) is 0 Å². The van der Waals surface area contributed by atoms with Crippen LogP contribution in [0.25, 0.3) is 5.69 Å². The Kier molecular flexibility index (Phi) is 6.43. The Hall–Kier alpha value is -2.90. The van der Waals surface area contributed by atoms with E-state index in [1.54, 1.807) is 15.9 Å². The van der Waals surface area contributed by atoms with Gasteiger partial charge in [0.25, 0.3) is 0 Å². The molecule has 1 N–H and O–H groups in total. The van der Waals surface area contributed by atoms with E-state index in [1.165, 1.54) is 6.33 Å². The Morgan fingerprint density at radius 2 is 2.07 bits per heavy atom. The minimum atomic E-state index is -0.561. The van der Waals surface area contributed by atoms with Gasteiger partial charge in [-0.15, -0.1) is 0 Å². The molecule has 2 atom stereocenters. The van der Waals surface area contributed by atoms with Crippen LogP contribution in [0.1, 0.15) is 46.6 Å². The second-order valence-electron chi connectivity index (χ2n) is 9.03. The predicted molar refractivity (Wildman–Crippen MR) is 113 cm³/mol. The molecule has 1 aliphatic heterocycles. The van der Waals surface area contributed by atoms with E-state index in [2.05, 4.69) is 15.4 Å². The molecule has 0 radical (unpaired) electrons. The Bertz CT molecular complexity index is 873. The molecular formula is C22H31N5O3. The third-order valence-electron chi connectivity index (χ3n) is 5.16. The summed E-state index contributed by atoms with van der Waals surface area (Å²) in [7, 11) is 0. The van der Waals surface area contributed by atoms with Gasteiger partial charge in [-0.1, -0.05) is 26.0 Å². The Labute approximate surface area is 177 Å². The van der Waals surface area contributed by atoms with E-state index in [0.717, 1.165) is 11.3 Å². The monoisotopic (exact) mass is 413 g/mol. The topological polar surface area (TPSA) is 89.4 Å². The van der Waals surface area contributed by atoms with Crippen LogP contribution < -0.4 is 5.32 Å². The highest BCUT2D eigenvalue weighted by molar-refractivity contribution is 5.81. The fourth-order valence-corrected chi connectivity index (χ4v) is 3.93. The van der Waals surface area contributed by atoms with Gasteiger partial charge in [0, 0.05) is 19.1 Å². The third kappa shape index (κ3) is 5.17. The average Bonchev–Trinajstić information content (AvgIpc) is 3.34. The summed E-state index contributed by atoms with van der Waals surface area (Å²) >= 11 is 0. The number of amides is 2. The molecule has 8 nitrogen and oxygen atoms in total. The van der Waals surface area contributed by atoms with Crippen LogP contribution in [0, 0.1) is 11.8 Å². The molecule has 30 heavy (non-hydrogen) atoms. The summed E-state index contributed by atoms with van der Waals surface area (Å²) in [6, 6.07) is 7.61. The molecule has 2 heterocycles. The summed E-state index contributed by atoms with van der Waals surface area (Å²) in [6.07, 6.45) is 3.40. The van der Waals surface area contributed by atoms with Gasteiger partial charge in [-0.05, 0) is 50.8 Å². The minimum Gasteiger partial charge on any atom is -0.444 e. The molecule has 0 unspecified atom stereocenters. The summed E-state index contributed by atoms with van der Waals surface area (Å²) in [4.78, 5) is 31.3. The first-order valence-corrected chi connectivity index (χ1v) is 10.4. The highest BCUT2D eigenvalue weighted by Gasteiger charge is 2.43. The van der Waals surface area contributed by atoms with Crippen LogP contribution in [0.15, 0.2) is 36.9 Å². The summed E-state index contributed by atoms with van der Waals surface area (Å²) in [5.74, 6) is -0.145. The predicted octanol–water partition coefficient (Wildman–Crippen LogP) is 3.17. The lowest BCUT2D eigenvalue weighted by molar-refractivity contribution is -0.126. The second kappa shape index (κ2) is 8.85. The first kappa shape index (κ1) is 21.8. The number of carbonyl (C=O) groups excluding carboxylic acids is 2. The second-order valence-corrected chi connectivity index (χ2v) is 9.03. The summed E-state index contributed by atoms with van der Waals surface area (Å²) < 4.78 is 7.23. The lowest BCUT2D eigenvalue weighted by atomic mass is 9.90. The first-order chi connectivity index (χ1) is 14.2. The molecule has 3 rings (SSSR count). The fraction of sp³-hybridized carbons (Fsp3) is 0.545. The molecule has 1 saturated heterocycles. The van der Waals surface area contributed by atoms with Gasteiger partial charge >= 0.3 is 6.09 Å². The van der Waals surface area contributed by atoms with Crippen molar-refractivity contribution in [2.75, 3.05) is 6.54 Å². The fourth-order valence-electron chi connectivity index (χ4n) is 3.93. The Morgan fingerprint density at radius 3 is 2.70 bits per heavy atom. The van der Waals surface area contributed by atoms with E-state index in [-0.39, 0.29) is 29.9 Å². The van der Waals surface area contributed by atoms with Crippen LogP contribution >= 0.6 is 0 Å². The van der Waals surface area contributed by atoms with Gasteiger partial charge in [0.1, 0.15) is 18.3 Å². The lowest BCUT2D eigenvalue weighted by Gasteiger charge is -2.32. The van der Waals surface area contributed by atoms with Gasteiger partial charge < -0.3 is 15.0 Å². The van der Waals surface area contributed by atoms with Gasteiger partial charge in [0.05, 0.1) is 11.6 Å². The van der Waals surface area contributed by atoms with Crippen molar-refractivity contribution in [3.8, 4) is 5.69 Å². The maximum atomic E-state index is 13.0. The van der Waals surface area contributed by atoms with E-state index in [9.17, 15) is 9.59 Å². The number of hydrogen-bond acceptors (Lipinski definition) is 5. The summed E-state index contributed by atoms with van der Waals surface area (Å²) in [6.45, 7) is 10.6. The molecule has 8 heteroatoms. The van der Waals surface area contributed by atoms with Gasteiger partial charge in [-0.25, -0.2) is 14.5 Å². The normalized spacial score (nSPS) is 19.2. The van der Waals surface area contributed by atoms with Gasteiger partial charge in [-0.2, -0.15) is 5.10 Å². The number of carbonyl (C=O) groups is 2. The molecule has 0 aliphatic carbocycles. The Balaban J connectivity index is 1.65. The molecular weight excluding hydrogens is 382 g/mol. The number of nitrogens with zero attached hydrogens (tertiary/aromatic N) is 4. The van der Waals surface area contributed by atoms with Crippen LogP contribution in [-0.4, -0.2) is 49.9 Å². The van der Waals surface area contributed by atoms with E-state index in [1.807, 2.05) is 58.9 Å². The maximum absolute atomic E-state index is 13.0. The molecule has 1 fully saturated rings. The highest BCUT2D eigenvalue weighted by Crippen LogP contribution is 2.31. The quantitative estimate of drug-likeness (QED) is 0.813. The number of nitrogens with one attached hydrogen (secondary N) is 1.